The zero-order valence-electron chi connectivity index (χ0n) is 18.2. The molecule has 3 nitrogen and oxygen atoms in total. The summed E-state index contributed by atoms with van der Waals surface area (Å²) in [7, 11) is 0. The molecule has 5 aromatic carbocycles. The van der Waals surface area contributed by atoms with Crippen molar-refractivity contribution in [2.75, 3.05) is 16.0 Å². The van der Waals surface area contributed by atoms with Crippen molar-refractivity contribution >= 4 is 34.1 Å². The molecule has 0 saturated carbocycles. The highest BCUT2D eigenvalue weighted by molar-refractivity contribution is 5.78. The first-order chi connectivity index (χ1) is 16.3. The second kappa shape index (κ2) is 9.33. The molecule has 0 aliphatic carbocycles. The minimum absolute atomic E-state index is 0.762. The van der Waals surface area contributed by atoms with Crippen LogP contribution in [0.25, 0.3) is 11.1 Å². The molecule has 3 heteroatoms. The van der Waals surface area contributed by atoms with Gasteiger partial charge in [-0.05, 0) is 83.9 Å². The largest absolute Gasteiger partial charge is 0.399 e. The van der Waals surface area contributed by atoms with Crippen molar-refractivity contribution in [3.05, 3.63) is 133 Å². The van der Waals surface area contributed by atoms with E-state index in [9.17, 15) is 0 Å². The fraction of sp³-hybridized carbons (Fsp3) is 0. The Bertz CT molecular complexity index is 1260. The molecule has 0 heterocycles. The standard InChI is InChI=1S/C30H25N3/c31-25-15-19-27(20-16-25)32-26-17-11-23(12-18-26)24-13-21-30(22-14-24)33(28-7-3-1-4-8-28)29-9-5-2-6-10-29/h1-22,32H,31H2. The summed E-state index contributed by atoms with van der Waals surface area (Å²) >= 11 is 0. The fourth-order valence-corrected chi connectivity index (χ4v) is 3.88. The molecule has 0 saturated heterocycles. The van der Waals surface area contributed by atoms with Gasteiger partial charge < -0.3 is 16.0 Å². The number of nitrogen functional groups attached to an aromatic ring is 1. The maximum absolute atomic E-state index is 5.77. The molecule has 0 aliphatic heterocycles. The van der Waals surface area contributed by atoms with E-state index >= 15 is 0 Å². The number of para-hydroxylation sites is 2. The van der Waals surface area contributed by atoms with Gasteiger partial charge in [0.2, 0.25) is 0 Å². The van der Waals surface area contributed by atoms with Crippen molar-refractivity contribution in [2.24, 2.45) is 0 Å². The molecule has 0 bridgehead atoms. The summed E-state index contributed by atoms with van der Waals surface area (Å²) in [5.74, 6) is 0. The first kappa shape index (κ1) is 20.4. The number of hydrogen-bond donors (Lipinski definition) is 2. The van der Waals surface area contributed by atoms with Crippen LogP contribution < -0.4 is 16.0 Å². The van der Waals surface area contributed by atoms with Gasteiger partial charge in [-0.25, -0.2) is 0 Å². The summed E-state index contributed by atoms with van der Waals surface area (Å²) in [5.41, 5.74) is 14.3. The second-order valence-electron chi connectivity index (χ2n) is 7.88. The first-order valence-corrected chi connectivity index (χ1v) is 11.0. The third kappa shape index (κ3) is 4.73. The number of benzene rings is 5. The summed E-state index contributed by atoms with van der Waals surface area (Å²) in [6.45, 7) is 0. The minimum atomic E-state index is 0.762. The molecule has 0 atom stereocenters. The van der Waals surface area contributed by atoms with E-state index in [1.54, 1.807) is 0 Å². The lowest BCUT2D eigenvalue weighted by Gasteiger charge is -2.25. The van der Waals surface area contributed by atoms with Crippen LogP contribution in [0.3, 0.4) is 0 Å². The zero-order chi connectivity index (χ0) is 22.5. The Balaban J connectivity index is 1.38. The maximum atomic E-state index is 5.77. The first-order valence-electron chi connectivity index (χ1n) is 11.0. The molecule has 5 rings (SSSR count). The van der Waals surface area contributed by atoms with Gasteiger partial charge in [0.25, 0.3) is 0 Å². The smallest absolute Gasteiger partial charge is 0.0462 e. The lowest BCUT2D eigenvalue weighted by Crippen LogP contribution is -2.09. The molecule has 0 spiro atoms. The normalized spacial score (nSPS) is 10.5. The highest BCUT2D eigenvalue weighted by Crippen LogP contribution is 2.35. The van der Waals surface area contributed by atoms with E-state index in [-0.39, 0.29) is 0 Å². The monoisotopic (exact) mass is 427 g/mol. The lowest BCUT2D eigenvalue weighted by atomic mass is 10.0. The van der Waals surface area contributed by atoms with Crippen LogP contribution >= 0.6 is 0 Å². The number of nitrogens with one attached hydrogen (secondary N) is 1. The van der Waals surface area contributed by atoms with E-state index in [1.165, 1.54) is 11.1 Å². The Labute approximate surface area is 194 Å². The van der Waals surface area contributed by atoms with E-state index < -0.39 is 0 Å². The summed E-state index contributed by atoms with van der Waals surface area (Å²) in [6, 6.07) is 45.8. The summed E-state index contributed by atoms with van der Waals surface area (Å²) < 4.78 is 0. The number of nitrogens with zero attached hydrogens (tertiary/aromatic N) is 1. The van der Waals surface area contributed by atoms with Crippen LogP contribution in [0.2, 0.25) is 0 Å². The molecule has 0 aromatic heterocycles. The topological polar surface area (TPSA) is 41.3 Å². The van der Waals surface area contributed by atoms with Crippen LogP contribution in [-0.2, 0) is 0 Å². The van der Waals surface area contributed by atoms with Gasteiger partial charge in [-0.2, -0.15) is 0 Å². The highest BCUT2D eigenvalue weighted by Gasteiger charge is 2.11. The Hall–Kier alpha value is -4.50. The predicted molar refractivity (Wildman–Crippen MR) is 141 cm³/mol. The van der Waals surface area contributed by atoms with Crippen LogP contribution in [0.15, 0.2) is 133 Å². The molecule has 0 aliphatic rings. The van der Waals surface area contributed by atoms with Crippen molar-refractivity contribution in [1.29, 1.82) is 0 Å². The molecular weight excluding hydrogens is 402 g/mol. The molecule has 0 fully saturated rings. The van der Waals surface area contributed by atoms with E-state index in [1.807, 2.05) is 36.4 Å². The van der Waals surface area contributed by atoms with E-state index in [2.05, 4.69) is 107 Å². The molecule has 3 N–H and O–H groups in total. The summed E-state index contributed by atoms with van der Waals surface area (Å²) in [4.78, 5) is 2.27. The Kier molecular flexibility index (Phi) is 5.77. The average Bonchev–Trinajstić information content (AvgIpc) is 2.88. The van der Waals surface area contributed by atoms with Crippen molar-refractivity contribution in [1.82, 2.24) is 0 Å². The van der Waals surface area contributed by atoms with Crippen LogP contribution in [-0.4, -0.2) is 0 Å². The predicted octanol–water partition coefficient (Wildman–Crippen LogP) is 8.15. The quantitative estimate of drug-likeness (QED) is 0.269. The SMILES string of the molecule is Nc1ccc(Nc2ccc(-c3ccc(N(c4ccccc4)c4ccccc4)cc3)cc2)cc1. The Morgan fingerprint density at radius 2 is 0.818 bits per heavy atom. The van der Waals surface area contributed by atoms with E-state index in [0.29, 0.717) is 0 Å². The number of rotatable bonds is 6. The van der Waals surface area contributed by atoms with Gasteiger partial charge in [0, 0.05) is 34.1 Å². The van der Waals surface area contributed by atoms with E-state index in [4.69, 9.17) is 5.73 Å². The number of hydrogen-bond acceptors (Lipinski definition) is 3. The van der Waals surface area contributed by atoms with Gasteiger partial charge in [0.1, 0.15) is 0 Å². The van der Waals surface area contributed by atoms with Crippen LogP contribution in [0.5, 0.6) is 0 Å². The van der Waals surface area contributed by atoms with Gasteiger partial charge in [-0.3, -0.25) is 0 Å². The van der Waals surface area contributed by atoms with Gasteiger partial charge in [0.15, 0.2) is 0 Å². The third-order valence-electron chi connectivity index (χ3n) is 5.57. The Morgan fingerprint density at radius 3 is 1.30 bits per heavy atom. The highest BCUT2D eigenvalue weighted by atomic mass is 15.1. The molecule has 160 valence electrons. The third-order valence-corrected chi connectivity index (χ3v) is 5.57. The van der Waals surface area contributed by atoms with Crippen LogP contribution in [0, 0.1) is 0 Å². The Morgan fingerprint density at radius 1 is 0.424 bits per heavy atom. The molecule has 0 radical (unpaired) electrons. The van der Waals surface area contributed by atoms with Gasteiger partial charge >= 0.3 is 0 Å². The number of nitrogens with two attached hydrogens (primary N) is 1. The number of anilines is 6. The molecular formula is C30H25N3. The van der Waals surface area contributed by atoms with Gasteiger partial charge in [-0.15, -0.1) is 0 Å². The minimum Gasteiger partial charge on any atom is -0.399 e. The molecule has 5 aromatic rings. The summed E-state index contributed by atoms with van der Waals surface area (Å²) in [5, 5.41) is 3.41. The van der Waals surface area contributed by atoms with Gasteiger partial charge in [0.05, 0.1) is 0 Å². The van der Waals surface area contributed by atoms with Crippen molar-refractivity contribution in [3.63, 3.8) is 0 Å². The fourth-order valence-electron chi connectivity index (χ4n) is 3.88. The maximum Gasteiger partial charge on any atom is 0.0462 e. The molecule has 0 unspecified atom stereocenters. The van der Waals surface area contributed by atoms with Crippen molar-refractivity contribution in [3.8, 4) is 11.1 Å². The average molecular weight is 428 g/mol. The van der Waals surface area contributed by atoms with Crippen molar-refractivity contribution < 1.29 is 0 Å². The van der Waals surface area contributed by atoms with Gasteiger partial charge in [-0.1, -0.05) is 60.7 Å². The molecule has 0 amide bonds. The van der Waals surface area contributed by atoms with Crippen molar-refractivity contribution in [2.45, 2.75) is 0 Å². The van der Waals surface area contributed by atoms with Crippen LogP contribution in [0.1, 0.15) is 0 Å². The summed E-state index contributed by atoms with van der Waals surface area (Å²) in [6.07, 6.45) is 0. The second-order valence-corrected chi connectivity index (χ2v) is 7.88. The zero-order valence-corrected chi connectivity index (χ0v) is 18.2. The van der Waals surface area contributed by atoms with E-state index in [0.717, 1.165) is 34.1 Å². The molecule has 33 heavy (non-hydrogen) atoms. The van der Waals surface area contributed by atoms with Crippen LogP contribution in [0.4, 0.5) is 34.1 Å². The lowest BCUT2D eigenvalue weighted by molar-refractivity contribution is 1.28.